The summed E-state index contributed by atoms with van der Waals surface area (Å²) in [7, 11) is 3.92. The van der Waals surface area contributed by atoms with E-state index in [9.17, 15) is 0 Å². The van der Waals surface area contributed by atoms with Gasteiger partial charge in [-0.05, 0) is 29.4 Å². The van der Waals surface area contributed by atoms with E-state index in [0.29, 0.717) is 0 Å². The van der Waals surface area contributed by atoms with Crippen LogP contribution < -0.4 is 10.2 Å². The Balaban J connectivity index is 2.01. The van der Waals surface area contributed by atoms with Gasteiger partial charge >= 0.3 is 0 Å². The predicted octanol–water partition coefficient (Wildman–Crippen LogP) is 1.89. The Morgan fingerprint density at radius 2 is 2.06 bits per heavy atom. The van der Waals surface area contributed by atoms with Crippen molar-refractivity contribution in [3.63, 3.8) is 0 Å². The van der Waals surface area contributed by atoms with Crippen LogP contribution >= 0.6 is 11.3 Å². The molecule has 0 aromatic carbocycles. The molecule has 0 aliphatic heterocycles. The second-order valence-electron chi connectivity index (χ2n) is 3.91. The molecule has 0 unspecified atom stereocenters. The third-order valence-electron chi connectivity index (χ3n) is 2.41. The third-order valence-corrected chi connectivity index (χ3v) is 3.15. The van der Waals surface area contributed by atoms with Crippen molar-refractivity contribution >= 4 is 17.3 Å². The van der Waals surface area contributed by atoms with Crippen molar-refractivity contribution in [2.24, 2.45) is 0 Å². The smallest absolute Gasteiger partial charge is 0.225 e. The lowest BCUT2D eigenvalue weighted by molar-refractivity contribution is 0.797. The fraction of sp³-hybridized carbons (Fsp3) is 0.333. The Kier molecular flexibility index (Phi) is 4.06. The maximum Gasteiger partial charge on any atom is 0.225 e. The van der Waals surface area contributed by atoms with Gasteiger partial charge in [0, 0.05) is 38.1 Å². The lowest BCUT2D eigenvalue weighted by Gasteiger charge is -2.16. The summed E-state index contributed by atoms with van der Waals surface area (Å²) in [6.45, 7) is 1.64. The minimum Gasteiger partial charge on any atom is -0.340 e. The Hall–Kier alpha value is -1.46. The van der Waals surface area contributed by atoms with Gasteiger partial charge in [0.25, 0.3) is 0 Å². The maximum atomic E-state index is 4.36. The molecule has 0 aliphatic carbocycles. The van der Waals surface area contributed by atoms with Crippen LogP contribution in [0, 0.1) is 0 Å². The van der Waals surface area contributed by atoms with E-state index in [4.69, 9.17) is 0 Å². The summed E-state index contributed by atoms with van der Waals surface area (Å²) in [5, 5.41) is 7.30. The minimum atomic E-state index is 0.760. The monoisotopic (exact) mass is 248 g/mol. The van der Waals surface area contributed by atoms with Crippen LogP contribution in [0.15, 0.2) is 29.2 Å². The van der Waals surface area contributed by atoms with Crippen molar-refractivity contribution in [3.05, 3.63) is 40.3 Å². The van der Waals surface area contributed by atoms with E-state index in [1.807, 2.05) is 31.4 Å². The van der Waals surface area contributed by atoms with E-state index < -0.39 is 0 Å². The van der Waals surface area contributed by atoms with Gasteiger partial charge in [-0.3, -0.25) is 0 Å². The molecule has 2 heterocycles. The van der Waals surface area contributed by atoms with Crippen LogP contribution in [0.5, 0.6) is 0 Å². The standard InChI is InChI=1S/C12H16N4S/c1-13-5-11-6-14-12(15-7-11)16(2)8-10-3-4-17-9-10/h3-4,6-7,9,13H,5,8H2,1-2H3. The average molecular weight is 248 g/mol. The van der Waals surface area contributed by atoms with Gasteiger partial charge in [-0.25, -0.2) is 9.97 Å². The highest BCUT2D eigenvalue weighted by atomic mass is 32.1. The first-order chi connectivity index (χ1) is 8.29. The maximum absolute atomic E-state index is 4.36. The van der Waals surface area contributed by atoms with Gasteiger partial charge in [0.2, 0.25) is 5.95 Å². The number of anilines is 1. The lowest BCUT2D eigenvalue weighted by Crippen LogP contribution is -2.19. The zero-order chi connectivity index (χ0) is 12.1. The zero-order valence-corrected chi connectivity index (χ0v) is 10.9. The molecule has 5 heteroatoms. The number of aromatic nitrogens is 2. The number of thiophene rings is 1. The fourth-order valence-corrected chi connectivity index (χ4v) is 2.23. The average Bonchev–Trinajstić information content (AvgIpc) is 2.83. The van der Waals surface area contributed by atoms with E-state index in [1.165, 1.54) is 5.56 Å². The molecule has 0 aliphatic rings. The minimum absolute atomic E-state index is 0.760. The molecule has 2 rings (SSSR count). The van der Waals surface area contributed by atoms with Gasteiger partial charge in [0.15, 0.2) is 0 Å². The largest absolute Gasteiger partial charge is 0.340 e. The Labute approximate surface area is 105 Å². The SMILES string of the molecule is CNCc1cnc(N(C)Cc2ccsc2)nc1. The Morgan fingerprint density at radius 1 is 1.29 bits per heavy atom. The van der Waals surface area contributed by atoms with Crippen molar-refractivity contribution in [1.82, 2.24) is 15.3 Å². The molecule has 4 nitrogen and oxygen atoms in total. The summed E-state index contributed by atoms with van der Waals surface area (Å²) < 4.78 is 0. The summed E-state index contributed by atoms with van der Waals surface area (Å²) in [5.41, 5.74) is 2.39. The van der Waals surface area contributed by atoms with Crippen LogP contribution in [0.2, 0.25) is 0 Å². The van der Waals surface area contributed by atoms with E-state index in [-0.39, 0.29) is 0 Å². The van der Waals surface area contributed by atoms with E-state index >= 15 is 0 Å². The second-order valence-corrected chi connectivity index (χ2v) is 4.69. The molecule has 0 saturated carbocycles. The predicted molar refractivity (Wildman–Crippen MR) is 71.2 cm³/mol. The van der Waals surface area contributed by atoms with Crippen LogP contribution in [-0.2, 0) is 13.1 Å². The first kappa shape index (κ1) is 12.0. The highest BCUT2D eigenvalue weighted by molar-refractivity contribution is 7.07. The topological polar surface area (TPSA) is 41.1 Å². The van der Waals surface area contributed by atoms with Gasteiger partial charge < -0.3 is 10.2 Å². The van der Waals surface area contributed by atoms with Gasteiger partial charge in [0.05, 0.1) is 0 Å². The molecule has 1 N–H and O–H groups in total. The van der Waals surface area contributed by atoms with Crippen molar-refractivity contribution in [1.29, 1.82) is 0 Å². The van der Waals surface area contributed by atoms with Crippen LogP contribution in [0.3, 0.4) is 0 Å². The fourth-order valence-electron chi connectivity index (χ4n) is 1.57. The van der Waals surface area contributed by atoms with Crippen molar-refractivity contribution in [2.75, 3.05) is 19.0 Å². The Bertz CT molecular complexity index is 438. The van der Waals surface area contributed by atoms with Gasteiger partial charge in [-0.1, -0.05) is 0 Å². The first-order valence-corrected chi connectivity index (χ1v) is 6.41. The molecule has 0 radical (unpaired) electrons. The number of nitrogens with zero attached hydrogens (tertiary/aromatic N) is 3. The quantitative estimate of drug-likeness (QED) is 0.877. The molecular formula is C12H16N4S. The molecule has 0 spiro atoms. The van der Waals surface area contributed by atoms with Gasteiger partial charge in [0.1, 0.15) is 0 Å². The molecule has 2 aromatic heterocycles. The summed E-state index contributed by atoms with van der Waals surface area (Å²) in [4.78, 5) is 10.8. The van der Waals surface area contributed by atoms with E-state index in [0.717, 1.165) is 24.6 Å². The molecule has 17 heavy (non-hydrogen) atoms. The number of hydrogen-bond donors (Lipinski definition) is 1. The molecule has 0 bridgehead atoms. The van der Waals surface area contributed by atoms with Crippen molar-refractivity contribution in [3.8, 4) is 0 Å². The van der Waals surface area contributed by atoms with Crippen LogP contribution in [-0.4, -0.2) is 24.1 Å². The number of hydrogen-bond acceptors (Lipinski definition) is 5. The van der Waals surface area contributed by atoms with Crippen molar-refractivity contribution < 1.29 is 0 Å². The Morgan fingerprint density at radius 3 is 2.65 bits per heavy atom. The van der Waals surface area contributed by atoms with Crippen molar-refractivity contribution in [2.45, 2.75) is 13.1 Å². The molecule has 0 atom stereocenters. The number of nitrogens with one attached hydrogen (secondary N) is 1. The summed E-state index contributed by atoms with van der Waals surface area (Å²) >= 11 is 1.71. The van der Waals surface area contributed by atoms with E-state index in [2.05, 4.69) is 32.1 Å². The molecular weight excluding hydrogens is 232 g/mol. The van der Waals surface area contributed by atoms with Gasteiger partial charge in [-0.15, -0.1) is 0 Å². The summed E-state index contributed by atoms with van der Waals surface area (Å²) in [6, 6.07) is 2.12. The molecule has 90 valence electrons. The van der Waals surface area contributed by atoms with Crippen LogP contribution in [0.25, 0.3) is 0 Å². The first-order valence-electron chi connectivity index (χ1n) is 5.47. The normalized spacial score (nSPS) is 10.5. The molecule has 0 amide bonds. The highest BCUT2D eigenvalue weighted by Gasteiger charge is 2.05. The summed E-state index contributed by atoms with van der Waals surface area (Å²) in [5.74, 6) is 0.760. The number of rotatable bonds is 5. The van der Waals surface area contributed by atoms with Crippen LogP contribution in [0.1, 0.15) is 11.1 Å². The molecule has 0 fully saturated rings. The van der Waals surface area contributed by atoms with E-state index in [1.54, 1.807) is 11.3 Å². The third kappa shape index (κ3) is 3.25. The van der Waals surface area contributed by atoms with Gasteiger partial charge in [-0.2, -0.15) is 11.3 Å². The van der Waals surface area contributed by atoms with Crippen LogP contribution in [0.4, 0.5) is 5.95 Å². The molecule has 0 saturated heterocycles. The lowest BCUT2D eigenvalue weighted by atomic mass is 10.3. The zero-order valence-electron chi connectivity index (χ0n) is 10.1. The molecule has 2 aromatic rings. The highest BCUT2D eigenvalue weighted by Crippen LogP contribution is 2.12. The second kappa shape index (κ2) is 5.75. The summed E-state index contributed by atoms with van der Waals surface area (Å²) in [6.07, 6.45) is 3.73.